The van der Waals surface area contributed by atoms with Gasteiger partial charge in [0.05, 0.1) is 12.2 Å². The van der Waals surface area contributed by atoms with Crippen molar-refractivity contribution in [1.29, 1.82) is 0 Å². The van der Waals surface area contributed by atoms with Crippen LogP contribution in [-0.2, 0) is 6.18 Å². The van der Waals surface area contributed by atoms with Crippen molar-refractivity contribution in [3.63, 3.8) is 0 Å². The molecule has 0 bridgehead atoms. The standard InChI is InChI=1S/C18H13F5O2/c19-17(20)9-11(10-25-13-4-2-1-3-5-13)15-8-12(18(21,22)23)6-7-14(15)16(17)24/h1-8,11H,9-10H2. The summed E-state index contributed by atoms with van der Waals surface area (Å²) in [5.74, 6) is -5.69. The van der Waals surface area contributed by atoms with Crippen LogP contribution in [0.5, 0.6) is 5.75 Å². The zero-order valence-corrected chi connectivity index (χ0v) is 12.8. The number of carbonyl (C=O) groups is 1. The third-order valence-electron chi connectivity index (χ3n) is 4.09. The highest BCUT2D eigenvalue weighted by molar-refractivity contribution is 6.04. The van der Waals surface area contributed by atoms with Gasteiger partial charge in [-0.15, -0.1) is 0 Å². The topological polar surface area (TPSA) is 26.3 Å². The van der Waals surface area contributed by atoms with Gasteiger partial charge in [-0.25, -0.2) is 0 Å². The van der Waals surface area contributed by atoms with E-state index in [1.165, 1.54) is 0 Å². The third kappa shape index (κ3) is 3.50. The summed E-state index contributed by atoms with van der Waals surface area (Å²) in [5, 5.41) is 0. The number of rotatable bonds is 3. The van der Waals surface area contributed by atoms with Crippen molar-refractivity contribution in [1.82, 2.24) is 0 Å². The molecule has 0 fully saturated rings. The predicted octanol–water partition coefficient (Wildman–Crippen LogP) is 5.09. The van der Waals surface area contributed by atoms with E-state index in [1.807, 2.05) is 0 Å². The van der Waals surface area contributed by atoms with E-state index in [4.69, 9.17) is 4.74 Å². The van der Waals surface area contributed by atoms with Crippen LogP contribution in [0, 0.1) is 0 Å². The molecule has 0 saturated heterocycles. The van der Waals surface area contributed by atoms with Crippen LogP contribution in [0.3, 0.4) is 0 Å². The quantitative estimate of drug-likeness (QED) is 0.716. The molecular weight excluding hydrogens is 343 g/mol. The van der Waals surface area contributed by atoms with Gasteiger partial charge >= 0.3 is 12.1 Å². The van der Waals surface area contributed by atoms with Crippen LogP contribution in [0.2, 0.25) is 0 Å². The van der Waals surface area contributed by atoms with E-state index in [-0.39, 0.29) is 17.7 Å². The summed E-state index contributed by atoms with van der Waals surface area (Å²) in [5.41, 5.74) is -1.42. The number of Topliss-reactive ketones (excluding diaryl/α,β-unsaturated/α-hetero) is 1. The summed E-state index contributed by atoms with van der Waals surface area (Å²) in [7, 11) is 0. The van der Waals surface area contributed by atoms with Crippen LogP contribution >= 0.6 is 0 Å². The maximum atomic E-state index is 14.0. The van der Waals surface area contributed by atoms with Gasteiger partial charge in [0, 0.05) is 17.9 Å². The van der Waals surface area contributed by atoms with Gasteiger partial charge in [0.2, 0.25) is 5.78 Å². The smallest absolute Gasteiger partial charge is 0.416 e. The molecule has 1 aliphatic rings. The number of carbonyl (C=O) groups excluding carboxylic acids is 1. The summed E-state index contributed by atoms with van der Waals surface area (Å²) in [4.78, 5) is 11.8. The molecule has 2 nitrogen and oxygen atoms in total. The molecule has 0 radical (unpaired) electrons. The van der Waals surface area contributed by atoms with Gasteiger partial charge < -0.3 is 4.74 Å². The maximum Gasteiger partial charge on any atom is 0.416 e. The molecule has 0 saturated carbocycles. The van der Waals surface area contributed by atoms with Crippen LogP contribution in [0.15, 0.2) is 48.5 Å². The Morgan fingerprint density at radius 3 is 2.40 bits per heavy atom. The first-order chi connectivity index (χ1) is 11.7. The first-order valence-corrected chi connectivity index (χ1v) is 7.50. The minimum atomic E-state index is -4.62. The molecule has 0 aliphatic heterocycles. The van der Waals surface area contributed by atoms with Crippen LogP contribution in [0.4, 0.5) is 22.0 Å². The van der Waals surface area contributed by atoms with Gasteiger partial charge in [-0.3, -0.25) is 4.79 Å². The van der Waals surface area contributed by atoms with Crippen LogP contribution in [0.1, 0.15) is 33.8 Å². The lowest BCUT2D eigenvalue weighted by Crippen LogP contribution is -2.38. The van der Waals surface area contributed by atoms with Crippen molar-refractivity contribution in [3.8, 4) is 5.75 Å². The number of halogens is 5. The summed E-state index contributed by atoms with van der Waals surface area (Å²) in [6, 6.07) is 10.6. The number of alkyl halides is 5. The zero-order chi connectivity index (χ0) is 18.2. The summed E-state index contributed by atoms with van der Waals surface area (Å²) >= 11 is 0. The Morgan fingerprint density at radius 2 is 1.76 bits per heavy atom. The van der Waals surface area contributed by atoms with Crippen molar-refractivity contribution in [2.24, 2.45) is 0 Å². The molecule has 0 aromatic heterocycles. The molecule has 2 aromatic carbocycles. The minimum absolute atomic E-state index is 0.0540. The average Bonchev–Trinajstić information content (AvgIpc) is 2.56. The summed E-state index contributed by atoms with van der Waals surface area (Å²) < 4.78 is 72.1. The molecule has 7 heteroatoms. The van der Waals surface area contributed by atoms with E-state index in [0.717, 1.165) is 12.1 Å². The number of ether oxygens (including phenoxy) is 1. The van der Waals surface area contributed by atoms with Gasteiger partial charge in [0.1, 0.15) is 5.75 Å². The lowest BCUT2D eigenvalue weighted by molar-refractivity contribution is -0.137. The summed E-state index contributed by atoms with van der Waals surface area (Å²) in [6.07, 6.45) is -5.50. The second kappa shape index (κ2) is 6.13. The van der Waals surface area contributed by atoms with Crippen molar-refractivity contribution in [2.45, 2.75) is 24.4 Å². The molecule has 2 aromatic rings. The van der Waals surface area contributed by atoms with Gasteiger partial charge in [0.15, 0.2) is 0 Å². The minimum Gasteiger partial charge on any atom is -0.493 e. The van der Waals surface area contributed by atoms with Crippen LogP contribution < -0.4 is 4.74 Å². The Morgan fingerprint density at radius 1 is 1.08 bits per heavy atom. The Kier molecular flexibility index (Phi) is 4.26. The lowest BCUT2D eigenvalue weighted by atomic mass is 9.79. The number of ketones is 1. The lowest BCUT2D eigenvalue weighted by Gasteiger charge is -2.30. The van der Waals surface area contributed by atoms with Gasteiger partial charge in [-0.05, 0) is 29.8 Å². The second-order valence-electron chi connectivity index (χ2n) is 5.86. The monoisotopic (exact) mass is 356 g/mol. The average molecular weight is 356 g/mol. The van der Waals surface area contributed by atoms with Crippen molar-refractivity contribution >= 4 is 5.78 Å². The number of fused-ring (bicyclic) bond motifs is 1. The van der Waals surface area contributed by atoms with E-state index in [2.05, 4.69) is 0 Å². The van der Waals surface area contributed by atoms with Gasteiger partial charge in [0.25, 0.3) is 0 Å². The van der Waals surface area contributed by atoms with E-state index < -0.39 is 35.8 Å². The Balaban J connectivity index is 1.95. The predicted molar refractivity (Wildman–Crippen MR) is 80.0 cm³/mol. The molecule has 0 N–H and O–H groups in total. The van der Waals surface area contributed by atoms with Gasteiger partial charge in [-0.2, -0.15) is 22.0 Å². The Labute approximate surface area is 140 Å². The van der Waals surface area contributed by atoms with Gasteiger partial charge in [-0.1, -0.05) is 24.3 Å². The summed E-state index contributed by atoms with van der Waals surface area (Å²) in [6.45, 7) is -0.249. The first-order valence-electron chi connectivity index (χ1n) is 7.50. The number of para-hydroxylation sites is 1. The highest BCUT2D eigenvalue weighted by Crippen LogP contribution is 2.42. The fourth-order valence-electron chi connectivity index (χ4n) is 2.85. The number of benzene rings is 2. The first kappa shape index (κ1) is 17.4. The molecule has 132 valence electrons. The van der Waals surface area contributed by atoms with E-state index >= 15 is 0 Å². The van der Waals surface area contributed by atoms with Crippen LogP contribution in [0.25, 0.3) is 0 Å². The molecule has 0 amide bonds. The van der Waals surface area contributed by atoms with Crippen molar-refractivity contribution in [3.05, 3.63) is 65.2 Å². The molecule has 1 aliphatic carbocycles. The van der Waals surface area contributed by atoms with Crippen molar-refractivity contribution < 1.29 is 31.5 Å². The highest BCUT2D eigenvalue weighted by atomic mass is 19.4. The van der Waals surface area contributed by atoms with Crippen LogP contribution in [-0.4, -0.2) is 18.3 Å². The molecular formula is C18H13F5O2. The molecule has 0 heterocycles. The number of hydrogen-bond acceptors (Lipinski definition) is 2. The fraction of sp³-hybridized carbons (Fsp3) is 0.278. The Hall–Kier alpha value is -2.44. The zero-order valence-electron chi connectivity index (χ0n) is 12.8. The van der Waals surface area contributed by atoms with Crippen molar-refractivity contribution in [2.75, 3.05) is 6.61 Å². The van der Waals surface area contributed by atoms with E-state index in [0.29, 0.717) is 11.8 Å². The number of hydrogen-bond donors (Lipinski definition) is 0. The maximum absolute atomic E-state index is 14.0. The highest BCUT2D eigenvalue weighted by Gasteiger charge is 2.48. The fourth-order valence-corrected chi connectivity index (χ4v) is 2.85. The van der Waals surface area contributed by atoms with E-state index in [9.17, 15) is 26.7 Å². The molecule has 0 spiro atoms. The molecule has 1 atom stereocenters. The second-order valence-corrected chi connectivity index (χ2v) is 5.86. The largest absolute Gasteiger partial charge is 0.493 e. The van der Waals surface area contributed by atoms with E-state index in [1.54, 1.807) is 30.3 Å². The third-order valence-corrected chi connectivity index (χ3v) is 4.09. The Bertz CT molecular complexity index is 784. The SMILES string of the molecule is O=C1c2ccc(C(F)(F)F)cc2C(COc2ccccc2)CC1(F)F. The molecule has 1 unspecified atom stereocenters. The normalized spacial score (nSPS) is 19.4. The molecule has 3 rings (SSSR count). The molecule has 25 heavy (non-hydrogen) atoms.